The smallest absolute Gasteiger partial charge is 0.311 e. The van der Waals surface area contributed by atoms with Crippen molar-refractivity contribution in [2.24, 2.45) is 5.10 Å². The highest BCUT2D eigenvalue weighted by Crippen LogP contribution is 2.27. The monoisotopic (exact) mass is 502 g/mol. The van der Waals surface area contributed by atoms with Crippen LogP contribution >= 0.6 is 0 Å². The van der Waals surface area contributed by atoms with Crippen LogP contribution in [0.1, 0.15) is 40.2 Å². The first-order valence-corrected chi connectivity index (χ1v) is 11.6. The minimum Gasteiger partial charge on any atom is -0.487 e. The number of aromatic nitrogens is 1. The highest BCUT2D eigenvalue weighted by Gasteiger charge is 2.15. The molecule has 2 heterocycles. The number of carbonyl (C=O) groups excluding carboxylic acids is 1. The molecule has 4 rings (SSSR count). The van der Waals surface area contributed by atoms with Gasteiger partial charge in [-0.3, -0.25) is 14.9 Å². The fraction of sp³-hybridized carbons (Fsp3) is 0.185. The Bertz CT molecular complexity index is 1420. The van der Waals surface area contributed by atoms with Crippen LogP contribution in [-0.2, 0) is 6.61 Å². The van der Waals surface area contributed by atoms with Crippen molar-refractivity contribution < 1.29 is 23.6 Å². The second kappa shape index (κ2) is 11.3. The number of hydrogen-bond donors (Lipinski definition) is 1. The average molecular weight is 503 g/mol. The van der Waals surface area contributed by atoms with E-state index < -0.39 is 10.8 Å². The van der Waals surface area contributed by atoms with E-state index in [-0.39, 0.29) is 23.8 Å². The van der Waals surface area contributed by atoms with Crippen molar-refractivity contribution in [2.45, 2.75) is 27.4 Å². The number of carbonyl (C=O) groups is 1. The number of benzene rings is 2. The normalized spacial score (nSPS) is 11.0. The third kappa shape index (κ3) is 6.04. The van der Waals surface area contributed by atoms with Gasteiger partial charge in [0, 0.05) is 28.7 Å². The molecule has 0 bridgehead atoms. The molecule has 1 N–H and O–H groups in total. The van der Waals surface area contributed by atoms with Gasteiger partial charge in [0.2, 0.25) is 0 Å². The van der Waals surface area contributed by atoms with Crippen LogP contribution < -0.4 is 14.9 Å². The van der Waals surface area contributed by atoms with Gasteiger partial charge in [0.1, 0.15) is 18.1 Å². The third-order valence-electron chi connectivity index (χ3n) is 5.49. The predicted octanol–water partition coefficient (Wildman–Crippen LogP) is 5.34. The van der Waals surface area contributed by atoms with Crippen LogP contribution in [0.25, 0.3) is 5.69 Å². The number of nitro groups is 1. The van der Waals surface area contributed by atoms with Gasteiger partial charge >= 0.3 is 11.6 Å². The Morgan fingerprint density at radius 3 is 2.46 bits per heavy atom. The fourth-order valence-corrected chi connectivity index (χ4v) is 3.75. The van der Waals surface area contributed by atoms with Crippen molar-refractivity contribution in [1.29, 1.82) is 0 Å². The molecule has 0 radical (unpaired) electrons. The number of rotatable bonds is 10. The van der Waals surface area contributed by atoms with Gasteiger partial charge in [-0.15, -0.1) is 0 Å². The molecule has 1 amide bonds. The lowest BCUT2D eigenvalue weighted by Crippen LogP contribution is -2.16. The van der Waals surface area contributed by atoms with Gasteiger partial charge in [0.05, 0.1) is 17.7 Å². The summed E-state index contributed by atoms with van der Waals surface area (Å²) in [6.07, 6.45) is 1.30. The van der Waals surface area contributed by atoms with Gasteiger partial charge in [-0.05, 0) is 81.4 Å². The first-order valence-electron chi connectivity index (χ1n) is 11.6. The summed E-state index contributed by atoms with van der Waals surface area (Å²) in [5.41, 5.74) is 5.94. The van der Waals surface area contributed by atoms with Crippen molar-refractivity contribution in [3.8, 4) is 17.2 Å². The second-order valence-electron chi connectivity index (χ2n) is 8.12. The largest absolute Gasteiger partial charge is 0.487 e. The maximum atomic E-state index is 12.4. The van der Waals surface area contributed by atoms with Crippen LogP contribution in [0.3, 0.4) is 0 Å². The molecule has 0 fully saturated rings. The Labute approximate surface area is 213 Å². The molecular weight excluding hydrogens is 476 g/mol. The zero-order chi connectivity index (χ0) is 26.4. The first kappa shape index (κ1) is 25.2. The van der Waals surface area contributed by atoms with Crippen molar-refractivity contribution in [3.05, 3.63) is 105 Å². The summed E-state index contributed by atoms with van der Waals surface area (Å²) in [5.74, 6) is 0.799. The summed E-state index contributed by atoms with van der Waals surface area (Å²) in [4.78, 5) is 23.1. The number of nitro benzene ring substituents is 1. The lowest BCUT2D eigenvalue weighted by Gasteiger charge is -2.10. The molecule has 190 valence electrons. The number of aryl methyl sites for hydroxylation is 2. The fourth-order valence-electron chi connectivity index (χ4n) is 3.75. The van der Waals surface area contributed by atoms with E-state index in [1.807, 2.05) is 24.3 Å². The number of furan rings is 1. The van der Waals surface area contributed by atoms with Gasteiger partial charge in [-0.25, -0.2) is 5.43 Å². The molecule has 0 aliphatic heterocycles. The molecule has 2 aromatic heterocycles. The highest BCUT2D eigenvalue weighted by molar-refractivity contribution is 5.92. The summed E-state index contributed by atoms with van der Waals surface area (Å²) in [6.45, 7) is 6.30. The molecule has 4 aromatic rings. The van der Waals surface area contributed by atoms with Crippen LogP contribution in [0.2, 0.25) is 0 Å². The standard InChI is InChI=1S/C27H26N4O6/c1-4-35-25-13-7-20(15-24(25)31(33)34)16-28-29-27(32)26-14-12-23(37-26)17-36-22-10-8-21(9-11-22)30-18(2)5-6-19(30)3/h5-16H,4,17H2,1-3H3,(H,29,32)/b28-16+. The minimum absolute atomic E-state index is 0.0577. The lowest BCUT2D eigenvalue weighted by atomic mass is 10.2. The Kier molecular flexibility index (Phi) is 7.68. The van der Waals surface area contributed by atoms with Gasteiger partial charge < -0.3 is 18.5 Å². The van der Waals surface area contributed by atoms with E-state index in [9.17, 15) is 14.9 Å². The molecule has 0 aliphatic rings. The van der Waals surface area contributed by atoms with Gasteiger partial charge in [0.25, 0.3) is 0 Å². The van der Waals surface area contributed by atoms with Crippen molar-refractivity contribution in [3.63, 3.8) is 0 Å². The number of ether oxygens (including phenoxy) is 2. The number of hydrogen-bond acceptors (Lipinski definition) is 7. The molecule has 0 saturated heterocycles. The molecule has 0 unspecified atom stereocenters. The van der Waals surface area contributed by atoms with E-state index in [1.165, 1.54) is 24.4 Å². The molecule has 10 nitrogen and oxygen atoms in total. The molecule has 10 heteroatoms. The first-order chi connectivity index (χ1) is 17.9. The zero-order valence-corrected chi connectivity index (χ0v) is 20.6. The summed E-state index contributed by atoms with van der Waals surface area (Å²) >= 11 is 0. The molecule has 0 atom stereocenters. The second-order valence-corrected chi connectivity index (χ2v) is 8.12. The Morgan fingerprint density at radius 1 is 1.05 bits per heavy atom. The summed E-state index contributed by atoms with van der Waals surface area (Å²) in [7, 11) is 0. The maximum Gasteiger partial charge on any atom is 0.311 e. The Morgan fingerprint density at radius 2 is 1.78 bits per heavy atom. The van der Waals surface area contributed by atoms with Crippen molar-refractivity contribution >= 4 is 17.8 Å². The highest BCUT2D eigenvalue weighted by atomic mass is 16.6. The van der Waals surface area contributed by atoms with Crippen LogP contribution in [-0.4, -0.2) is 28.2 Å². The van der Waals surface area contributed by atoms with Crippen LogP contribution in [0.4, 0.5) is 5.69 Å². The van der Waals surface area contributed by atoms with Crippen molar-refractivity contribution in [1.82, 2.24) is 9.99 Å². The van der Waals surface area contributed by atoms with E-state index >= 15 is 0 Å². The van der Waals surface area contributed by atoms with E-state index in [0.29, 0.717) is 23.7 Å². The molecule has 2 aromatic carbocycles. The van der Waals surface area contributed by atoms with Gasteiger partial charge in [-0.1, -0.05) is 0 Å². The van der Waals surface area contributed by atoms with Crippen molar-refractivity contribution in [2.75, 3.05) is 6.61 Å². The zero-order valence-electron chi connectivity index (χ0n) is 20.6. The van der Waals surface area contributed by atoms with Gasteiger partial charge in [-0.2, -0.15) is 5.10 Å². The number of amides is 1. The summed E-state index contributed by atoms with van der Waals surface area (Å²) in [6, 6.07) is 19.4. The van der Waals surface area contributed by atoms with E-state index in [1.54, 1.807) is 19.1 Å². The van der Waals surface area contributed by atoms with E-state index in [4.69, 9.17) is 13.9 Å². The maximum absolute atomic E-state index is 12.4. The van der Waals surface area contributed by atoms with E-state index in [0.717, 1.165) is 17.1 Å². The van der Waals surface area contributed by atoms with E-state index in [2.05, 4.69) is 41.1 Å². The molecule has 0 aliphatic carbocycles. The predicted molar refractivity (Wildman–Crippen MR) is 138 cm³/mol. The molecule has 0 spiro atoms. The summed E-state index contributed by atoms with van der Waals surface area (Å²) in [5, 5.41) is 15.1. The molecular formula is C27H26N4O6. The number of hydrazone groups is 1. The third-order valence-corrected chi connectivity index (χ3v) is 5.49. The topological polar surface area (TPSA) is 121 Å². The average Bonchev–Trinajstić information content (AvgIpc) is 3.50. The summed E-state index contributed by atoms with van der Waals surface area (Å²) < 4.78 is 18.7. The quantitative estimate of drug-likeness (QED) is 0.178. The number of nitrogens with one attached hydrogen (secondary N) is 1. The number of nitrogens with zero attached hydrogens (tertiary/aromatic N) is 3. The van der Waals surface area contributed by atoms with Crippen LogP contribution in [0.5, 0.6) is 11.5 Å². The molecule has 0 saturated carbocycles. The Balaban J connectivity index is 1.32. The van der Waals surface area contributed by atoms with Gasteiger partial charge in [0.15, 0.2) is 11.5 Å². The SMILES string of the molecule is CCOc1ccc(/C=N/NC(=O)c2ccc(COc3ccc(-n4c(C)ccc4C)cc3)o2)cc1[N+](=O)[O-]. The Hall–Kier alpha value is -4.86. The lowest BCUT2D eigenvalue weighted by molar-refractivity contribution is -0.385. The van der Waals surface area contributed by atoms with Crippen LogP contribution in [0, 0.1) is 24.0 Å². The minimum atomic E-state index is -0.565. The molecule has 37 heavy (non-hydrogen) atoms. The van der Waals surface area contributed by atoms with Crippen LogP contribution in [0.15, 0.2) is 76.2 Å².